The van der Waals surface area contributed by atoms with Crippen LogP contribution in [-0.4, -0.2) is 49.7 Å². The number of ether oxygens (including phenoxy) is 1. The average Bonchev–Trinajstić information content (AvgIpc) is 2.81. The van der Waals surface area contributed by atoms with Crippen LogP contribution in [0, 0.1) is 23.7 Å². The van der Waals surface area contributed by atoms with Crippen LogP contribution in [0.1, 0.15) is 42.6 Å². The fourth-order valence-electron chi connectivity index (χ4n) is 5.31. The predicted octanol–water partition coefficient (Wildman–Crippen LogP) is 5.18. The van der Waals surface area contributed by atoms with E-state index >= 15 is 0 Å². The van der Waals surface area contributed by atoms with Crippen LogP contribution in [0.3, 0.4) is 0 Å². The maximum absolute atomic E-state index is 12.7. The summed E-state index contributed by atoms with van der Waals surface area (Å²) in [6.45, 7) is 11.0. The molecule has 1 aliphatic heterocycles. The zero-order chi connectivity index (χ0) is 24.2. The van der Waals surface area contributed by atoms with Crippen LogP contribution in [0.25, 0.3) is 0 Å². The lowest BCUT2D eigenvalue weighted by Gasteiger charge is -2.44. The highest BCUT2D eigenvalue weighted by Crippen LogP contribution is 2.36. The number of hydrogen-bond donors (Lipinski definition) is 1. The monoisotopic (exact) mass is 464 g/mol. The molecule has 1 amide bonds. The summed E-state index contributed by atoms with van der Waals surface area (Å²) in [4.78, 5) is 14.9. The van der Waals surface area contributed by atoms with Gasteiger partial charge in [-0.2, -0.15) is 13.2 Å². The van der Waals surface area contributed by atoms with Crippen molar-refractivity contribution in [2.24, 2.45) is 23.7 Å². The number of halogens is 3. The maximum atomic E-state index is 12.7. The van der Waals surface area contributed by atoms with Crippen molar-refractivity contribution >= 4 is 5.91 Å². The van der Waals surface area contributed by atoms with E-state index in [0.29, 0.717) is 30.3 Å². The van der Waals surface area contributed by atoms with Crippen LogP contribution in [0.2, 0.25) is 0 Å². The van der Waals surface area contributed by atoms with E-state index < -0.39 is 11.7 Å². The Morgan fingerprint density at radius 3 is 2.61 bits per heavy atom. The molecular weight excluding hydrogens is 429 g/mol. The number of nitrogens with one attached hydrogen (secondary N) is 1. The molecule has 1 aliphatic carbocycles. The van der Waals surface area contributed by atoms with E-state index in [1.807, 2.05) is 6.08 Å². The minimum Gasteiger partial charge on any atom is -0.377 e. The SMILES string of the molecule is C=CC1C(OC)C=CC(C(C)N2CCCC(CNC(=O)c3ccc(C(F)(F)F)cc3)C2)C1C. The summed E-state index contributed by atoms with van der Waals surface area (Å²) >= 11 is 0. The number of nitrogens with zero attached hydrogens (tertiary/aromatic N) is 1. The van der Waals surface area contributed by atoms with Gasteiger partial charge in [-0.1, -0.05) is 25.2 Å². The summed E-state index contributed by atoms with van der Waals surface area (Å²) in [7, 11) is 1.73. The van der Waals surface area contributed by atoms with Crippen molar-refractivity contribution in [1.29, 1.82) is 0 Å². The first-order chi connectivity index (χ1) is 15.7. The number of benzene rings is 1. The van der Waals surface area contributed by atoms with Crippen molar-refractivity contribution in [2.45, 2.75) is 45.0 Å². The van der Waals surface area contributed by atoms with E-state index in [0.717, 1.165) is 38.1 Å². The number of piperidine rings is 1. The van der Waals surface area contributed by atoms with Crippen LogP contribution in [0.4, 0.5) is 13.2 Å². The molecule has 1 aromatic rings. The van der Waals surface area contributed by atoms with Gasteiger partial charge in [0.2, 0.25) is 0 Å². The van der Waals surface area contributed by atoms with Crippen molar-refractivity contribution in [3.05, 3.63) is 60.2 Å². The van der Waals surface area contributed by atoms with Gasteiger partial charge in [-0.25, -0.2) is 0 Å². The number of likely N-dealkylation sites (tertiary alicyclic amines) is 1. The zero-order valence-electron chi connectivity index (χ0n) is 19.6. The molecule has 1 aromatic carbocycles. The lowest BCUT2D eigenvalue weighted by molar-refractivity contribution is -0.137. The van der Waals surface area contributed by atoms with Gasteiger partial charge in [-0.05, 0) is 68.3 Å². The molecule has 33 heavy (non-hydrogen) atoms. The van der Waals surface area contributed by atoms with Crippen LogP contribution < -0.4 is 5.32 Å². The van der Waals surface area contributed by atoms with Gasteiger partial charge in [0.25, 0.3) is 5.91 Å². The third-order valence-electron chi connectivity index (χ3n) is 7.37. The second-order valence-electron chi connectivity index (χ2n) is 9.36. The van der Waals surface area contributed by atoms with Crippen molar-refractivity contribution in [3.8, 4) is 0 Å². The Kier molecular flexibility index (Phi) is 8.40. The summed E-state index contributed by atoms with van der Waals surface area (Å²) in [5.74, 6) is 1.05. The van der Waals surface area contributed by atoms with E-state index in [1.165, 1.54) is 12.1 Å². The van der Waals surface area contributed by atoms with Gasteiger partial charge < -0.3 is 10.1 Å². The molecule has 0 aromatic heterocycles. The molecule has 0 radical (unpaired) electrons. The van der Waals surface area contributed by atoms with E-state index in [-0.39, 0.29) is 23.5 Å². The molecule has 1 N–H and O–H groups in total. The highest BCUT2D eigenvalue weighted by molar-refractivity contribution is 5.94. The molecule has 1 heterocycles. The Balaban J connectivity index is 1.56. The lowest BCUT2D eigenvalue weighted by atomic mass is 9.72. The summed E-state index contributed by atoms with van der Waals surface area (Å²) in [6.07, 6.45) is 4.17. The Morgan fingerprint density at radius 1 is 1.30 bits per heavy atom. The minimum absolute atomic E-state index is 0.0652. The second kappa shape index (κ2) is 10.9. The van der Waals surface area contributed by atoms with Crippen molar-refractivity contribution in [1.82, 2.24) is 10.2 Å². The van der Waals surface area contributed by atoms with Crippen LogP contribution in [0.5, 0.6) is 0 Å². The minimum atomic E-state index is -4.40. The Labute approximate surface area is 194 Å². The first-order valence-electron chi connectivity index (χ1n) is 11.7. The fraction of sp³-hybridized carbons (Fsp3) is 0.577. The molecule has 182 valence electrons. The van der Waals surface area contributed by atoms with Crippen LogP contribution in [0.15, 0.2) is 49.1 Å². The quantitative estimate of drug-likeness (QED) is 0.566. The normalized spacial score (nSPS) is 29.5. The molecule has 1 fully saturated rings. The molecule has 7 heteroatoms. The molecule has 3 rings (SSSR count). The molecule has 4 nitrogen and oxygen atoms in total. The van der Waals surface area contributed by atoms with Gasteiger partial charge in [0.15, 0.2) is 0 Å². The number of carbonyl (C=O) groups excluding carboxylic acids is 1. The molecule has 0 spiro atoms. The van der Waals surface area contributed by atoms with E-state index in [9.17, 15) is 18.0 Å². The number of alkyl halides is 3. The van der Waals surface area contributed by atoms with Crippen molar-refractivity contribution in [2.75, 3.05) is 26.7 Å². The van der Waals surface area contributed by atoms with Gasteiger partial charge in [0, 0.05) is 37.7 Å². The summed E-state index contributed by atoms with van der Waals surface area (Å²) < 4.78 is 43.8. The highest BCUT2D eigenvalue weighted by atomic mass is 19.4. The zero-order valence-corrected chi connectivity index (χ0v) is 19.6. The molecule has 0 bridgehead atoms. The Morgan fingerprint density at radius 2 is 2.00 bits per heavy atom. The Bertz CT molecular complexity index is 837. The molecule has 1 saturated heterocycles. The first kappa shape index (κ1) is 25.5. The van der Waals surface area contributed by atoms with Crippen LogP contribution >= 0.6 is 0 Å². The second-order valence-corrected chi connectivity index (χ2v) is 9.36. The molecule has 6 unspecified atom stereocenters. The van der Waals surface area contributed by atoms with E-state index in [2.05, 4.69) is 42.8 Å². The largest absolute Gasteiger partial charge is 0.416 e. The summed E-state index contributed by atoms with van der Waals surface area (Å²) in [6, 6.07) is 4.70. The average molecular weight is 465 g/mol. The number of carbonyl (C=O) groups is 1. The molecule has 0 saturated carbocycles. The third kappa shape index (κ3) is 6.07. The van der Waals surface area contributed by atoms with Crippen molar-refractivity contribution < 1.29 is 22.7 Å². The fourth-order valence-corrected chi connectivity index (χ4v) is 5.31. The topological polar surface area (TPSA) is 41.6 Å². The van der Waals surface area contributed by atoms with E-state index in [1.54, 1.807) is 7.11 Å². The van der Waals surface area contributed by atoms with Crippen molar-refractivity contribution in [3.63, 3.8) is 0 Å². The lowest BCUT2D eigenvalue weighted by Crippen LogP contribution is -2.49. The summed E-state index contributed by atoms with van der Waals surface area (Å²) in [5, 5.41) is 2.91. The standard InChI is InChI=1S/C26H35F3N2O2/c1-5-22-17(2)23(12-13-24(22)33-4)18(3)31-14-6-7-19(16-31)15-30-25(32)20-8-10-21(11-9-20)26(27,28)29/h5,8-13,17-19,22-24H,1,6-7,14-16H2,2-4H3,(H,30,32). The molecule has 2 aliphatic rings. The van der Waals surface area contributed by atoms with Crippen LogP contribution in [-0.2, 0) is 10.9 Å². The van der Waals surface area contributed by atoms with Gasteiger partial charge in [-0.3, -0.25) is 9.69 Å². The number of hydrogen-bond acceptors (Lipinski definition) is 3. The van der Waals surface area contributed by atoms with Gasteiger partial charge >= 0.3 is 6.18 Å². The maximum Gasteiger partial charge on any atom is 0.416 e. The first-order valence-corrected chi connectivity index (χ1v) is 11.7. The number of amides is 1. The Hall–Kier alpha value is -2.12. The van der Waals surface area contributed by atoms with Gasteiger partial charge in [-0.15, -0.1) is 6.58 Å². The summed E-state index contributed by atoms with van der Waals surface area (Å²) in [5.41, 5.74) is -0.508. The number of rotatable bonds is 7. The van der Waals surface area contributed by atoms with Gasteiger partial charge in [0.1, 0.15) is 0 Å². The smallest absolute Gasteiger partial charge is 0.377 e. The highest BCUT2D eigenvalue weighted by Gasteiger charge is 2.37. The van der Waals surface area contributed by atoms with Gasteiger partial charge in [0.05, 0.1) is 11.7 Å². The molecule has 6 atom stereocenters. The third-order valence-corrected chi connectivity index (χ3v) is 7.37. The molecular formula is C26H35F3N2O2. The number of methoxy groups -OCH3 is 1. The van der Waals surface area contributed by atoms with E-state index in [4.69, 9.17) is 4.74 Å². The predicted molar refractivity (Wildman–Crippen MR) is 124 cm³/mol.